The van der Waals surface area contributed by atoms with E-state index in [1.54, 1.807) is 0 Å². The van der Waals surface area contributed by atoms with E-state index in [4.69, 9.17) is 5.11 Å². The summed E-state index contributed by atoms with van der Waals surface area (Å²) < 4.78 is 38.4. The van der Waals surface area contributed by atoms with Gasteiger partial charge in [-0.3, -0.25) is 0 Å². The Hall–Kier alpha value is -2.91. The molecule has 0 atom stereocenters. The van der Waals surface area contributed by atoms with Crippen LogP contribution in [0.2, 0.25) is 0 Å². The number of aromatic amines is 1. The van der Waals surface area contributed by atoms with Crippen LogP contribution >= 0.6 is 0 Å². The standard InChI is InChI=1S/C13H10F3N5O2/c1-6-19-9(4-21(6)5-13(14,15)16)8-3-18-11-10(20-8)7(2-17-11)12(22)23/h2-4H,5H2,1H3,(H,17,18)(H,22,23). The first kappa shape index (κ1) is 15.0. The van der Waals surface area contributed by atoms with Crippen molar-refractivity contribution in [3.8, 4) is 11.4 Å². The summed E-state index contributed by atoms with van der Waals surface area (Å²) in [6, 6.07) is 0. The summed E-state index contributed by atoms with van der Waals surface area (Å²) in [5.41, 5.74) is 0.721. The van der Waals surface area contributed by atoms with E-state index in [0.29, 0.717) is 0 Å². The number of carboxylic acids is 1. The fourth-order valence-electron chi connectivity index (χ4n) is 2.16. The van der Waals surface area contributed by atoms with Crippen molar-refractivity contribution in [2.24, 2.45) is 0 Å². The van der Waals surface area contributed by atoms with Crippen LogP contribution in [0.3, 0.4) is 0 Å². The fourth-order valence-corrected chi connectivity index (χ4v) is 2.16. The first-order valence-electron chi connectivity index (χ1n) is 6.43. The normalized spacial score (nSPS) is 12.0. The van der Waals surface area contributed by atoms with Gasteiger partial charge in [-0.25, -0.2) is 19.7 Å². The minimum atomic E-state index is -4.37. The zero-order valence-corrected chi connectivity index (χ0v) is 11.7. The molecule has 0 aliphatic carbocycles. The smallest absolute Gasteiger partial charge is 0.406 e. The quantitative estimate of drug-likeness (QED) is 0.771. The minimum absolute atomic E-state index is 0.0687. The Morgan fingerprint density at radius 3 is 2.74 bits per heavy atom. The number of carboxylic acid groups (broad SMARTS) is 1. The number of nitrogens with one attached hydrogen (secondary N) is 1. The summed E-state index contributed by atoms with van der Waals surface area (Å²) in [6.45, 7) is 0.284. The largest absolute Gasteiger partial charge is 0.478 e. The van der Waals surface area contributed by atoms with Gasteiger partial charge in [0, 0.05) is 12.4 Å². The summed E-state index contributed by atoms with van der Waals surface area (Å²) >= 11 is 0. The number of halogens is 3. The van der Waals surface area contributed by atoms with Crippen molar-refractivity contribution in [1.29, 1.82) is 0 Å². The van der Waals surface area contributed by atoms with Crippen LogP contribution in [-0.4, -0.2) is 41.8 Å². The number of hydrogen-bond acceptors (Lipinski definition) is 4. The lowest BCUT2D eigenvalue weighted by Gasteiger charge is -2.07. The third kappa shape index (κ3) is 2.87. The molecule has 0 bridgehead atoms. The van der Waals surface area contributed by atoms with Gasteiger partial charge in [-0.05, 0) is 6.92 Å². The zero-order valence-electron chi connectivity index (χ0n) is 11.7. The monoisotopic (exact) mass is 325 g/mol. The fraction of sp³-hybridized carbons (Fsp3) is 0.231. The molecule has 0 aliphatic heterocycles. The molecule has 3 rings (SSSR count). The molecule has 0 saturated carbocycles. The van der Waals surface area contributed by atoms with Gasteiger partial charge in [-0.2, -0.15) is 13.2 Å². The predicted molar refractivity (Wildman–Crippen MR) is 72.9 cm³/mol. The first-order chi connectivity index (χ1) is 10.7. The minimum Gasteiger partial charge on any atom is -0.478 e. The molecule has 120 valence electrons. The highest BCUT2D eigenvalue weighted by atomic mass is 19.4. The number of aromatic carboxylic acids is 1. The summed E-state index contributed by atoms with van der Waals surface area (Å²) in [5, 5.41) is 9.08. The van der Waals surface area contributed by atoms with E-state index in [0.717, 1.165) is 4.57 Å². The van der Waals surface area contributed by atoms with Crippen molar-refractivity contribution < 1.29 is 23.1 Å². The van der Waals surface area contributed by atoms with Gasteiger partial charge in [0.1, 0.15) is 34.8 Å². The molecule has 0 spiro atoms. The molecule has 7 nitrogen and oxygen atoms in total. The number of H-pyrrole nitrogens is 1. The van der Waals surface area contributed by atoms with Crippen molar-refractivity contribution >= 4 is 17.1 Å². The summed E-state index contributed by atoms with van der Waals surface area (Å²) in [6.07, 6.45) is -0.574. The van der Waals surface area contributed by atoms with Gasteiger partial charge < -0.3 is 14.7 Å². The van der Waals surface area contributed by atoms with Crippen molar-refractivity contribution in [3.63, 3.8) is 0 Å². The highest BCUT2D eigenvalue weighted by Crippen LogP contribution is 2.23. The molecule has 0 unspecified atom stereocenters. The van der Waals surface area contributed by atoms with Gasteiger partial charge >= 0.3 is 12.1 Å². The molecular weight excluding hydrogens is 315 g/mol. The predicted octanol–water partition coefficient (Wildman–Crippen LogP) is 2.39. The van der Waals surface area contributed by atoms with Crippen LogP contribution in [0.25, 0.3) is 22.6 Å². The molecule has 3 heterocycles. The number of imidazole rings is 1. The van der Waals surface area contributed by atoms with E-state index in [1.165, 1.54) is 25.5 Å². The summed E-state index contributed by atoms with van der Waals surface area (Å²) in [4.78, 5) is 26.0. The number of carbonyl (C=O) groups is 1. The molecule has 0 aliphatic rings. The second-order valence-electron chi connectivity index (χ2n) is 4.88. The Morgan fingerprint density at radius 2 is 2.09 bits per heavy atom. The van der Waals surface area contributed by atoms with Crippen molar-refractivity contribution in [2.45, 2.75) is 19.6 Å². The maximum atomic E-state index is 12.5. The van der Waals surface area contributed by atoms with Crippen LogP contribution in [0.4, 0.5) is 13.2 Å². The summed E-state index contributed by atoms with van der Waals surface area (Å²) in [7, 11) is 0. The SMILES string of the molecule is Cc1nc(-c2cnc3[nH]cc(C(=O)O)c3n2)cn1CC(F)(F)F. The lowest BCUT2D eigenvalue weighted by Crippen LogP contribution is -2.17. The molecule has 0 saturated heterocycles. The van der Waals surface area contributed by atoms with E-state index in [2.05, 4.69) is 19.9 Å². The number of fused-ring (bicyclic) bond motifs is 1. The van der Waals surface area contributed by atoms with Crippen LogP contribution in [0.1, 0.15) is 16.2 Å². The van der Waals surface area contributed by atoms with Crippen molar-refractivity contribution in [3.05, 3.63) is 30.0 Å². The van der Waals surface area contributed by atoms with E-state index in [-0.39, 0.29) is 33.9 Å². The molecule has 0 fully saturated rings. The van der Waals surface area contributed by atoms with Crippen molar-refractivity contribution in [1.82, 2.24) is 24.5 Å². The molecule has 2 N–H and O–H groups in total. The van der Waals surface area contributed by atoms with Gasteiger partial charge in [0.15, 0.2) is 5.65 Å². The topological polar surface area (TPSA) is 96.7 Å². The molecule has 3 aromatic rings. The Balaban J connectivity index is 2.05. The number of alkyl halides is 3. The first-order valence-corrected chi connectivity index (χ1v) is 6.43. The molecule has 10 heteroatoms. The zero-order chi connectivity index (χ0) is 16.8. The Morgan fingerprint density at radius 1 is 1.35 bits per heavy atom. The van der Waals surface area contributed by atoms with Gasteiger partial charge in [0.05, 0.1) is 6.20 Å². The third-order valence-electron chi connectivity index (χ3n) is 3.20. The summed E-state index contributed by atoms with van der Waals surface area (Å²) in [5.74, 6) is -1.01. The van der Waals surface area contributed by atoms with Crippen molar-refractivity contribution in [2.75, 3.05) is 0 Å². The molecule has 0 aromatic carbocycles. The third-order valence-corrected chi connectivity index (χ3v) is 3.20. The number of aryl methyl sites for hydroxylation is 1. The van der Waals surface area contributed by atoms with Gasteiger partial charge in [0.25, 0.3) is 0 Å². The second kappa shape index (κ2) is 5.07. The Labute approximate surface area is 126 Å². The lowest BCUT2D eigenvalue weighted by atomic mass is 10.3. The molecular formula is C13H10F3N5O2. The van der Waals surface area contributed by atoms with E-state index in [1.807, 2.05) is 0 Å². The van der Waals surface area contributed by atoms with Gasteiger partial charge in [-0.1, -0.05) is 0 Å². The van der Waals surface area contributed by atoms with Crippen LogP contribution in [0, 0.1) is 6.92 Å². The number of hydrogen-bond donors (Lipinski definition) is 2. The maximum Gasteiger partial charge on any atom is 0.406 e. The number of rotatable bonds is 3. The molecule has 0 radical (unpaired) electrons. The van der Waals surface area contributed by atoms with E-state index in [9.17, 15) is 18.0 Å². The van der Waals surface area contributed by atoms with Gasteiger partial charge in [0.2, 0.25) is 0 Å². The molecule has 3 aromatic heterocycles. The van der Waals surface area contributed by atoms with Crippen LogP contribution in [-0.2, 0) is 6.54 Å². The van der Waals surface area contributed by atoms with E-state index < -0.39 is 18.7 Å². The number of nitrogens with zero attached hydrogens (tertiary/aromatic N) is 4. The average molecular weight is 325 g/mol. The average Bonchev–Trinajstić information content (AvgIpc) is 3.00. The molecule has 0 amide bonds. The van der Waals surface area contributed by atoms with Crippen LogP contribution < -0.4 is 0 Å². The Bertz CT molecular complexity index is 897. The van der Waals surface area contributed by atoms with Gasteiger partial charge in [-0.15, -0.1) is 0 Å². The Kier molecular flexibility index (Phi) is 3.31. The van der Waals surface area contributed by atoms with E-state index >= 15 is 0 Å². The molecule has 23 heavy (non-hydrogen) atoms. The highest BCUT2D eigenvalue weighted by Gasteiger charge is 2.29. The lowest BCUT2D eigenvalue weighted by molar-refractivity contribution is -0.140. The van der Waals surface area contributed by atoms with Crippen LogP contribution in [0.15, 0.2) is 18.6 Å². The highest BCUT2D eigenvalue weighted by molar-refractivity contribution is 6.00. The number of aromatic nitrogens is 5. The van der Waals surface area contributed by atoms with Crippen LogP contribution in [0.5, 0.6) is 0 Å². The second-order valence-corrected chi connectivity index (χ2v) is 4.88. The maximum absolute atomic E-state index is 12.5.